The number of rotatable bonds is 7. The molecule has 0 unspecified atom stereocenters. The van der Waals surface area contributed by atoms with Gasteiger partial charge in [-0.05, 0) is 37.3 Å². The van der Waals surface area contributed by atoms with Crippen LogP contribution in [0, 0.1) is 6.92 Å². The number of methoxy groups -OCH3 is 1. The maximum absolute atomic E-state index is 12.5. The Hall–Kier alpha value is -3.04. The Morgan fingerprint density at radius 1 is 1.28 bits per heavy atom. The number of anilines is 2. The second-order valence-electron chi connectivity index (χ2n) is 7.33. The zero-order valence-electron chi connectivity index (χ0n) is 17.5. The lowest BCUT2D eigenvalue weighted by atomic mass is 10.1. The van der Waals surface area contributed by atoms with Crippen molar-refractivity contribution in [1.29, 1.82) is 0 Å². The van der Waals surface area contributed by atoms with Gasteiger partial charge in [-0.2, -0.15) is 0 Å². The second kappa shape index (κ2) is 9.62. The zero-order chi connectivity index (χ0) is 22.7. The molecule has 0 saturated carbocycles. The van der Waals surface area contributed by atoms with E-state index in [0.29, 0.717) is 28.9 Å². The molecule has 0 aliphatic carbocycles. The molecule has 2 aromatic carbocycles. The summed E-state index contributed by atoms with van der Waals surface area (Å²) >= 11 is 7.34. The van der Waals surface area contributed by atoms with Crippen LogP contribution < -0.4 is 15.0 Å². The monoisotopic (exact) mass is 472 g/mol. The van der Waals surface area contributed by atoms with Gasteiger partial charge >= 0.3 is 0 Å². The van der Waals surface area contributed by atoms with Crippen LogP contribution in [0.2, 0.25) is 5.02 Å². The van der Waals surface area contributed by atoms with Crippen LogP contribution in [0.4, 0.5) is 11.4 Å². The summed E-state index contributed by atoms with van der Waals surface area (Å²) in [6.07, 6.45) is 0.254. The fraction of sp³-hybridized carbons (Fsp3) is 0.273. The highest BCUT2D eigenvalue weighted by molar-refractivity contribution is 7.99. The van der Waals surface area contributed by atoms with E-state index in [9.17, 15) is 9.59 Å². The van der Waals surface area contributed by atoms with Gasteiger partial charge in [-0.3, -0.25) is 9.59 Å². The third kappa shape index (κ3) is 5.05. The average Bonchev–Trinajstić information content (AvgIpc) is 3.40. The van der Waals surface area contributed by atoms with Gasteiger partial charge in [0.25, 0.3) is 5.22 Å². The minimum Gasteiger partial charge on any atom is -0.495 e. The van der Waals surface area contributed by atoms with Gasteiger partial charge in [-0.15, -0.1) is 10.2 Å². The van der Waals surface area contributed by atoms with Gasteiger partial charge in [0.05, 0.1) is 23.8 Å². The topological polar surface area (TPSA) is 97.6 Å². The highest BCUT2D eigenvalue weighted by Crippen LogP contribution is 2.35. The summed E-state index contributed by atoms with van der Waals surface area (Å²) in [6, 6.07) is 12.8. The Morgan fingerprint density at radius 3 is 2.78 bits per heavy atom. The first kappa shape index (κ1) is 22.2. The lowest BCUT2D eigenvalue weighted by Gasteiger charge is -2.17. The molecule has 1 fully saturated rings. The molecule has 0 radical (unpaired) electrons. The largest absolute Gasteiger partial charge is 0.495 e. The molecule has 4 rings (SSSR count). The smallest absolute Gasteiger partial charge is 0.277 e. The van der Waals surface area contributed by atoms with E-state index in [1.54, 1.807) is 23.1 Å². The predicted molar refractivity (Wildman–Crippen MR) is 123 cm³/mol. The second-order valence-corrected chi connectivity index (χ2v) is 8.67. The number of benzene rings is 2. The Bertz CT molecular complexity index is 1140. The molecule has 1 N–H and O–H groups in total. The van der Waals surface area contributed by atoms with Crippen molar-refractivity contribution in [3.63, 3.8) is 0 Å². The van der Waals surface area contributed by atoms with E-state index in [4.69, 9.17) is 20.8 Å². The van der Waals surface area contributed by atoms with Crippen LogP contribution in [0.25, 0.3) is 0 Å². The van der Waals surface area contributed by atoms with Crippen molar-refractivity contribution in [2.75, 3.05) is 29.6 Å². The van der Waals surface area contributed by atoms with Crippen LogP contribution in [0.15, 0.2) is 52.1 Å². The molecule has 1 aromatic heterocycles. The predicted octanol–water partition coefficient (Wildman–Crippen LogP) is 4.29. The van der Waals surface area contributed by atoms with E-state index in [1.807, 2.05) is 31.2 Å². The van der Waals surface area contributed by atoms with Crippen LogP contribution >= 0.6 is 23.4 Å². The number of nitrogens with zero attached hydrogens (tertiary/aromatic N) is 3. The first-order chi connectivity index (χ1) is 15.4. The van der Waals surface area contributed by atoms with Crippen molar-refractivity contribution in [3.05, 3.63) is 58.9 Å². The highest BCUT2D eigenvalue weighted by atomic mass is 35.5. The van der Waals surface area contributed by atoms with Crippen LogP contribution in [0.5, 0.6) is 5.75 Å². The van der Waals surface area contributed by atoms with Gasteiger partial charge < -0.3 is 19.4 Å². The maximum atomic E-state index is 12.5. The van der Waals surface area contributed by atoms with Gasteiger partial charge in [0, 0.05) is 24.3 Å². The third-order valence-corrected chi connectivity index (χ3v) is 6.12. The Kier molecular flexibility index (Phi) is 6.66. The Morgan fingerprint density at radius 2 is 2.06 bits per heavy atom. The minimum atomic E-state index is -0.230. The number of amides is 2. The molecule has 32 heavy (non-hydrogen) atoms. The molecule has 166 valence electrons. The molecule has 1 atom stereocenters. The minimum absolute atomic E-state index is 0.0545. The molecule has 2 amide bonds. The Balaban J connectivity index is 1.34. The number of ether oxygens (including phenoxy) is 1. The van der Waals surface area contributed by atoms with Gasteiger partial charge in [-0.25, -0.2) is 0 Å². The van der Waals surface area contributed by atoms with E-state index in [2.05, 4.69) is 15.5 Å². The van der Waals surface area contributed by atoms with Crippen molar-refractivity contribution < 1.29 is 18.7 Å². The normalized spacial score (nSPS) is 15.8. The first-order valence-electron chi connectivity index (χ1n) is 9.89. The van der Waals surface area contributed by atoms with Gasteiger partial charge in [-0.1, -0.05) is 41.1 Å². The summed E-state index contributed by atoms with van der Waals surface area (Å²) in [5.74, 6) is 0.602. The molecule has 0 bridgehead atoms. The number of carbonyl (C=O) groups is 2. The molecule has 0 spiro atoms. The van der Waals surface area contributed by atoms with E-state index in [-0.39, 0.29) is 35.1 Å². The first-order valence-corrected chi connectivity index (χ1v) is 11.3. The number of nitrogens with one attached hydrogen (secondary N) is 1. The van der Waals surface area contributed by atoms with Crippen LogP contribution in [0.1, 0.15) is 23.8 Å². The average molecular weight is 473 g/mol. The van der Waals surface area contributed by atoms with Crippen LogP contribution in [0.3, 0.4) is 0 Å². The van der Waals surface area contributed by atoms with Crippen LogP contribution in [-0.4, -0.2) is 41.4 Å². The molecule has 8 nitrogen and oxygen atoms in total. The number of halogens is 1. The van der Waals surface area contributed by atoms with Crippen molar-refractivity contribution >= 4 is 46.6 Å². The van der Waals surface area contributed by atoms with E-state index in [1.165, 1.54) is 7.11 Å². The van der Waals surface area contributed by atoms with Gasteiger partial charge in [0.15, 0.2) is 0 Å². The molecular weight excluding hydrogens is 452 g/mol. The highest BCUT2D eigenvalue weighted by Gasteiger charge is 2.35. The van der Waals surface area contributed by atoms with Gasteiger partial charge in [0.2, 0.25) is 17.7 Å². The number of thioether (sulfide) groups is 1. The number of hydrogen-bond acceptors (Lipinski definition) is 7. The summed E-state index contributed by atoms with van der Waals surface area (Å²) in [5.41, 5.74) is 2.54. The maximum Gasteiger partial charge on any atom is 0.277 e. The molecule has 2 heterocycles. The van der Waals surface area contributed by atoms with Gasteiger partial charge in [0.1, 0.15) is 5.75 Å². The summed E-state index contributed by atoms with van der Waals surface area (Å²) in [7, 11) is 1.54. The van der Waals surface area contributed by atoms with Crippen molar-refractivity contribution in [2.45, 2.75) is 24.5 Å². The quantitative estimate of drug-likeness (QED) is 0.512. The molecule has 1 saturated heterocycles. The molecular formula is C22H21ClN4O4S. The number of carbonyl (C=O) groups excluding carboxylic acids is 2. The molecule has 10 heteroatoms. The lowest BCUT2D eigenvalue weighted by molar-refractivity contribution is -0.117. The van der Waals surface area contributed by atoms with E-state index in [0.717, 1.165) is 23.0 Å². The van der Waals surface area contributed by atoms with Crippen molar-refractivity contribution in [1.82, 2.24) is 10.2 Å². The summed E-state index contributed by atoms with van der Waals surface area (Å²) in [5, 5.41) is 11.6. The van der Waals surface area contributed by atoms with E-state index >= 15 is 0 Å². The standard InChI is InChI=1S/C22H21ClN4O4S/c1-13-3-5-15(6-4-13)24-19(28)12-32-22-26-25-21(31-22)14-9-20(29)27(11-14)16-7-8-18(30-2)17(23)10-16/h3-8,10,14H,9,11-12H2,1-2H3,(H,24,28)/t14-/m1/s1. The Labute approximate surface area is 194 Å². The summed E-state index contributed by atoms with van der Waals surface area (Å²) < 4.78 is 10.9. The van der Waals surface area contributed by atoms with Crippen molar-refractivity contribution in [2.24, 2.45) is 0 Å². The number of hydrogen-bond donors (Lipinski definition) is 1. The number of aromatic nitrogens is 2. The summed E-state index contributed by atoms with van der Waals surface area (Å²) in [4.78, 5) is 26.3. The van der Waals surface area contributed by atoms with Crippen molar-refractivity contribution in [3.8, 4) is 5.75 Å². The molecule has 3 aromatic rings. The number of aryl methyl sites for hydroxylation is 1. The molecule has 1 aliphatic heterocycles. The lowest BCUT2D eigenvalue weighted by Crippen LogP contribution is -2.24. The zero-order valence-corrected chi connectivity index (χ0v) is 19.1. The third-order valence-electron chi connectivity index (χ3n) is 5.01. The summed E-state index contributed by atoms with van der Waals surface area (Å²) in [6.45, 7) is 2.39. The fourth-order valence-corrected chi connectivity index (χ4v) is 4.17. The van der Waals surface area contributed by atoms with E-state index < -0.39 is 0 Å². The fourth-order valence-electron chi connectivity index (χ4n) is 3.35. The van der Waals surface area contributed by atoms with Crippen LogP contribution in [-0.2, 0) is 9.59 Å². The SMILES string of the molecule is COc1ccc(N2C[C@H](c3nnc(SCC(=O)Nc4ccc(C)cc4)o3)CC2=O)cc1Cl. The molecule has 1 aliphatic rings.